The minimum Gasteiger partial charge on any atom is -0.477 e. The molecule has 0 radical (unpaired) electrons. The second-order valence-corrected chi connectivity index (χ2v) is 7.13. The molecule has 1 aliphatic carbocycles. The summed E-state index contributed by atoms with van der Waals surface area (Å²) in [4.78, 5) is 20.9. The van der Waals surface area contributed by atoms with E-state index in [0.717, 1.165) is 28.1 Å². The summed E-state index contributed by atoms with van der Waals surface area (Å²) in [6.07, 6.45) is 3.99. The highest BCUT2D eigenvalue weighted by Gasteiger charge is 2.45. The highest BCUT2D eigenvalue weighted by molar-refractivity contribution is 7.20. The molecule has 0 aromatic carbocycles. The molecule has 3 rings (SSSR count). The van der Waals surface area contributed by atoms with Gasteiger partial charge in [-0.3, -0.25) is 0 Å². The Hall–Kier alpha value is -1.69. The normalized spacial score (nSPS) is 16.4. The lowest BCUT2D eigenvalue weighted by Gasteiger charge is -2.20. The molecule has 2 heterocycles. The highest BCUT2D eigenvalue weighted by atomic mass is 32.1. The van der Waals surface area contributed by atoms with E-state index in [1.807, 2.05) is 6.92 Å². The van der Waals surface area contributed by atoms with E-state index in [2.05, 4.69) is 29.1 Å². The van der Waals surface area contributed by atoms with E-state index in [-0.39, 0.29) is 0 Å². The van der Waals surface area contributed by atoms with Crippen LogP contribution >= 0.6 is 11.3 Å². The molecular weight excluding hydrogens is 286 g/mol. The van der Waals surface area contributed by atoms with Crippen LogP contribution in [0.3, 0.4) is 0 Å². The standard InChI is InChI=1S/C15H19N3O2S/c1-8(2)15(4-5-15)6-16-12-10-9(3)11(14(19)20)21-13(10)18-7-17-12/h7-8H,4-6H2,1-3H3,(H,19,20)(H,16,17,18). The first kappa shape index (κ1) is 14.3. The van der Waals surface area contributed by atoms with Crippen molar-refractivity contribution < 1.29 is 9.90 Å². The fourth-order valence-corrected chi connectivity index (χ4v) is 3.78. The largest absolute Gasteiger partial charge is 0.477 e. The third-order valence-corrected chi connectivity index (χ3v) is 5.83. The fraction of sp³-hybridized carbons (Fsp3) is 0.533. The molecule has 2 aromatic heterocycles. The minimum absolute atomic E-state index is 0.346. The van der Waals surface area contributed by atoms with Gasteiger partial charge in [0.2, 0.25) is 0 Å². The third kappa shape index (κ3) is 2.37. The van der Waals surface area contributed by atoms with Crippen LogP contribution in [-0.2, 0) is 0 Å². The van der Waals surface area contributed by atoms with E-state index in [4.69, 9.17) is 0 Å². The first-order chi connectivity index (χ1) is 9.94. The Morgan fingerprint density at radius 2 is 2.19 bits per heavy atom. The number of nitrogens with one attached hydrogen (secondary N) is 1. The van der Waals surface area contributed by atoms with Crippen LogP contribution in [0.5, 0.6) is 0 Å². The highest BCUT2D eigenvalue weighted by Crippen LogP contribution is 2.51. The Balaban J connectivity index is 1.94. The molecule has 1 fully saturated rings. The summed E-state index contributed by atoms with van der Waals surface area (Å²) < 4.78 is 0. The van der Waals surface area contributed by atoms with Crippen LogP contribution in [0.4, 0.5) is 5.82 Å². The summed E-state index contributed by atoms with van der Waals surface area (Å²) in [6.45, 7) is 7.21. The smallest absolute Gasteiger partial charge is 0.346 e. The maximum absolute atomic E-state index is 11.3. The zero-order valence-corrected chi connectivity index (χ0v) is 13.3. The maximum atomic E-state index is 11.3. The van der Waals surface area contributed by atoms with Crippen LogP contribution in [0.1, 0.15) is 41.9 Å². The second-order valence-electron chi connectivity index (χ2n) is 6.13. The fourth-order valence-electron chi connectivity index (χ4n) is 2.79. The number of carboxylic acid groups (broad SMARTS) is 1. The van der Waals surface area contributed by atoms with Gasteiger partial charge in [0, 0.05) is 6.54 Å². The summed E-state index contributed by atoms with van der Waals surface area (Å²) in [5, 5.41) is 13.5. The molecular formula is C15H19N3O2S. The van der Waals surface area contributed by atoms with Crippen molar-refractivity contribution >= 4 is 33.3 Å². The number of fused-ring (bicyclic) bond motifs is 1. The number of aromatic nitrogens is 2. The van der Waals surface area contributed by atoms with E-state index < -0.39 is 5.97 Å². The zero-order chi connectivity index (χ0) is 15.2. The molecule has 0 aliphatic heterocycles. The van der Waals surface area contributed by atoms with Gasteiger partial charge in [0.15, 0.2) is 0 Å². The maximum Gasteiger partial charge on any atom is 0.346 e. The topological polar surface area (TPSA) is 75.1 Å². The molecule has 21 heavy (non-hydrogen) atoms. The molecule has 0 unspecified atom stereocenters. The van der Waals surface area contributed by atoms with Crippen LogP contribution in [0, 0.1) is 18.3 Å². The molecule has 5 nitrogen and oxygen atoms in total. The molecule has 6 heteroatoms. The zero-order valence-electron chi connectivity index (χ0n) is 12.4. The van der Waals surface area contributed by atoms with Crippen molar-refractivity contribution in [3.05, 3.63) is 16.8 Å². The van der Waals surface area contributed by atoms with Gasteiger partial charge in [-0.2, -0.15) is 0 Å². The van der Waals surface area contributed by atoms with Crippen molar-refractivity contribution in [2.75, 3.05) is 11.9 Å². The Kier molecular flexibility index (Phi) is 3.36. The lowest BCUT2D eigenvalue weighted by molar-refractivity contribution is 0.0701. The van der Waals surface area contributed by atoms with Gasteiger partial charge in [-0.15, -0.1) is 11.3 Å². The molecule has 0 saturated heterocycles. The summed E-state index contributed by atoms with van der Waals surface area (Å²) in [5.74, 6) is 0.496. The quantitative estimate of drug-likeness (QED) is 0.883. The lowest BCUT2D eigenvalue weighted by atomic mass is 9.92. The number of nitrogens with zero attached hydrogens (tertiary/aromatic N) is 2. The van der Waals surface area contributed by atoms with Gasteiger partial charge in [-0.1, -0.05) is 13.8 Å². The Morgan fingerprint density at radius 1 is 1.48 bits per heavy atom. The summed E-state index contributed by atoms with van der Waals surface area (Å²) in [7, 11) is 0. The average molecular weight is 305 g/mol. The summed E-state index contributed by atoms with van der Waals surface area (Å²) >= 11 is 1.21. The summed E-state index contributed by atoms with van der Waals surface area (Å²) in [5.41, 5.74) is 1.12. The number of aryl methyl sites for hydroxylation is 1. The third-order valence-electron chi connectivity index (χ3n) is 4.65. The Labute approximate surface area is 127 Å². The number of rotatable bonds is 5. The first-order valence-electron chi connectivity index (χ1n) is 7.16. The first-order valence-corrected chi connectivity index (χ1v) is 7.97. The number of hydrogen-bond acceptors (Lipinski definition) is 5. The van der Waals surface area contributed by atoms with Crippen LogP contribution in [-0.4, -0.2) is 27.6 Å². The van der Waals surface area contributed by atoms with Crippen molar-refractivity contribution in [3.63, 3.8) is 0 Å². The number of carbonyl (C=O) groups is 1. The van der Waals surface area contributed by atoms with Gasteiger partial charge in [-0.05, 0) is 36.7 Å². The predicted octanol–water partition coefficient (Wildman–Crippen LogP) is 3.55. The van der Waals surface area contributed by atoms with Gasteiger partial charge < -0.3 is 10.4 Å². The van der Waals surface area contributed by atoms with Crippen molar-refractivity contribution in [2.45, 2.75) is 33.6 Å². The molecule has 0 atom stereocenters. The number of hydrogen-bond donors (Lipinski definition) is 2. The van der Waals surface area contributed by atoms with E-state index >= 15 is 0 Å². The lowest BCUT2D eigenvalue weighted by Crippen LogP contribution is -2.21. The molecule has 2 N–H and O–H groups in total. The summed E-state index contributed by atoms with van der Waals surface area (Å²) in [6, 6.07) is 0. The number of anilines is 1. The van der Waals surface area contributed by atoms with Crippen molar-refractivity contribution in [1.29, 1.82) is 0 Å². The van der Waals surface area contributed by atoms with Crippen molar-refractivity contribution in [1.82, 2.24) is 9.97 Å². The molecule has 0 bridgehead atoms. The second kappa shape index (κ2) is 4.94. The minimum atomic E-state index is -0.901. The van der Waals surface area contributed by atoms with Crippen molar-refractivity contribution in [3.8, 4) is 0 Å². The van der Waals surface area contributed by atoms with Gasteiger partial charge in [0.1, 0.15) is 21.9 Å². The van der Waals surface area contributed by atoms with Crippen LogP contribution in [0.25, 0.3) is 10.2 Å². The Bertz CT molecular complexity index is 704. The van der Waals surface area contributed by atoms with Gasteiger partial charge in [-0.25, -0.2) is 14.8 Å². The Morgan fingerprint density at radius 3 is 2.76 bits per heavy atom. The van der Waals surface area contributed by atoms with Crippen LogP contribution in [0.15, 0.2) is 6.33 Å². The SMILES string of the molecule is Cc1c(C(=O)O)sc2ncnc(NCC3(C(C)C)CC3)c12. The number of aromatic carboxylic acids is 1. The molecule has 1 aliphatic rings. The molecule has 1 saturated carbocycles. The van der Waals surface area contributed by atoms with Gasteiger partial charge in [0.25, 0.3) is 0 Å². The van der Waals surface area contributed by atoms with Gasteiger partial charge in [0.05, 0.1) is 5.39 Å². The molecule has 0 amide bonds. The predicted molar refractivity (Wildman–Crippen MR) is 84.1 cm³/mol. The van der Waals surface area contributed by atoms with E-state index in [1.165, 1.54) is 30.5 Å². The van der Waals surface area contributed by atoms with Crippen LogP contribution < -0.4 is 5.32 Å². The monoisotopic (exact) mass is 305 g/mol. The van der Waals surface area contributed by atoms with Gasteiger partial charge >= 0.3 is 5.97 Å². The molecule has 112 valence electrons. The number of carboxylic acids is 1. The average Bonchev–Trinajstić information content (AvgIpc) is 3.16. The van der Waals surface area contributed by atoms with Crippen molar-refractivity contribution in [2.24, 2.45) is 11.3 Å². The molecule has 2 aromatic rings. The van der Waals surface area contributed by atoms with Crippen LogP contribution in [0.2, 0.25) is 0 Å². The van der Waals surface area contributed by atoms with E-state index in [0.29, 0.717) is 16.2 Å². The molecule has 0 spiro atoms. The number of thiophene rings is 1. The van der Waals surface area contributed by atoms with E-state index in [1.54, 1.807) is 0 Å². The van der Waals surface area contributed by atoms with E-state index in [9.17, 15) is 9.90 Å².